The number of ether oxygens (including phenoxy) is 1. The average molecular weight is 412 g/mol. The Morgan fingerprint density at radius 2 is 1.79 bits per heavy atom. The molecule has 150 valence electrons. The first-order valence-corrected chi connectivity index (χ1v) is 9.16. The summed E-state index contributed by atoms with van der Waals surface area (Å²) in [5.74, 6) is 1.46. The molecule has 2 aromatic carbocycles. The van der Waals surface area contributed by atoms with Crippen molar-refractivity contribution in [1.82, 2.24) is 20.6 Å². The number of hydrogen-bond donors (Lipinski definition) is 3. The van der Waals surface area contributed by atoms with Gasteiger partial charge in [0, 0.05) is 12.6 Å². The van der Waals surface area contributed by atoms with Crippen molar-refractivity contribution in [2.75, 3.05) is 18.8 Å². The third-order valence-corrected chi connectivity index (χ3v) is 4.61. The Kier molecular flexibility index (Phi) is 6.64. The largest absolute Gasteiger partial charge is 0.457 e. The molecular formula is C21H22ClN5O2. The van der Waals surface area contributed by atoms with Crippen LogP contribution in [-0.2, 0) is 0 Å². The van der Waals surface area contributed by atoms with E-state index in [0.717, 1.165) is 30.8 Å². The highest BCUT2D eigenvalue weighted by Crippen LogP contribution is 2.30. The summed E-state index contributed by atoms with van der Waals surface area (Å²) in [5.41, 5.74) is 7.64. The van der Waals surface area contributed by atoms with Crippen molar-refractivity contribution < 1.29 is 9.53 Å². The lowest BCUT2D eigenvalue weighted by Gasteiger charge is -2.14. The molecule has 2 heterocycles. The average Bonchev–Trinajstić information content (AvgIpc) is 3.22. The Morgan fingerprint density at radius 1 is 1.07 bits per heavy atom. The molecule has 29 heavy (non-hydrogen) atoms. The molecule has 8 heteroatoms. The van der Waals surface area contributed by atoms with E-state index in [1.807, 2.05) is 54.6 Å². The van der Waals surface area contributed by atoms with Gasteiger partial charge in [-0.25, -0.2) is 9.97 Å². The van der Waals surface area contributed by atoms with Crippen LogP contribution in [0.2, 0.25) is 0 Å². The highest BCUT2D eigenvalue weighted by molar-refractivity contribution is 6.01. The van der Waals surface area contributed by atoms with Gasteiger partial charge in [-0.05, 0) is 42.8 Å². The first-order valence-electron chi connectivity index (χ1n) is 9.16. The zero-order valence-corrected chi connectivity index (χ0v) is 16.5. The number of aromatic nitrogens is 2. The summed E-state index contributed by atoms with van der Waals surface area (Å²) < 4.78 is 5.82. The molecule has 1 fully saturated rings. The number of nitrogens with two attached hydrogens (primary N) is 1. The van der Waals surface area contributed by atoms with E-state index in [1.165, 1.54) is 6.33 Å². The minimum absolute atomic E-state index is 0. The van der Waals surface area contributed by atoms with Crippen LogP contribution in [0.5, 0.6) is 11.5 Å². The second-order valence-corrected chi connectivity index (χ2v) is 6.59. The quantitative estimate of drug-likeness (QED) is 0.596. The first-order chi connectivity index (χ1) is 13.7. The number of rotatable bonds is 5. The predicted molar refractivity (Wildman–Crippen MR) is 114 cm³/mol. The SMILES string of the molecule is Cl.Nc1ncnc(C(=O)N[C@@H]2CCNC2)c1-c1ccc(Oc2ccccc2)cc1. The van der Waals surface area contributed by atoms with E-state index >= 15 is 0 Å². The van der Waals surface area contributed by atoms with Crippen LogP contribution in [0.15, 0.2) is 60.9 Å². The van der Waals surface area contributed by atoms with Crippen molar-refractivity contribution in [3.63, 3.8) is 0 Å². The lowest BCUT2D eigenvalue weighted by Crippen LogP contribution is -2.37. The topological polar surface area (TPSA) is 102 Å². The van der Waals surface area contributed by atoms with Gasteiger partial charge in [-0.15, -0.1) is 12.4 Å². The van der Waals surface area contributed by atoms with Gasteiger partial charge in [0.2, 0.25) is 0 Å². The number of nitrogens with one attached hydrogen (secondary N) is 2. The van der Waals surface area contributed by atoms with Crippen molar-refractivity contribution in [3.05, 3.63) is 66.6 Å². The van der Waals surface area contributed by atoms with Crippen molar-refractivity contribution in [1.29, 1.82) is 0 Å². The fraction of sp³-hybridized carbons (Fsp3) is 0.190. The standard InChI is InChI=1S/C21H21N5O2.ClH/c22-20-18(19(24-13-25-20)21(27)26-15-10-11-23-12-15)14-6-8-17(9-7-14)28-16-4-2-1-3-5-16;/h1-9,13,15,23H,10-12H2,(H,26,27)(H2,22,24,25);1H/t15-;/m1./s1. The molecule has 4 N–H and O–H groups in total. The molecule has 0 radical (unpaired) electrons. The maximum atomic E-state index is 12.7. The van der Waals surface area contributed by atoms with Gasteiger partial charge in [0.25, 0.3) is 5.91 Å². The molecule has 1 amide bonds. The molecule has 3 aromatic rings. The molecule has 1 atom stereocenters. The van der Waals surface area contributed by atoms with Gasteiger partial charge in [-0.1, -0.05) is 30.3 Å². The van der Waals surface area contributed by atoms with Crippen molar-refractivity contribution >= 4 is 24.1 Å². The first kappa shape index (κ1) is 20.6. The van der Waals surface area contributed by atoms with E-state index in [-0.39, 0.29) is 35.9 Å². The summed E-state index contributed by atoms with van der Waals surface area (Å²) in [5, 5.41) is 6.23. The number of hydrogen-bond acceptors (Lipinski definition) is 6. The molecule has 0 saturated carbocycles. The van der Waals surface area contributed by atoms with Crippen molar-refractivity contribution in [2.24, 2.45) is 0 Å². The number of nitrogen functional groups attached to an aromatic ring is 1. The molecule has 0 spiro atoms. The molecule has 1 saturated heterocycles. The number of amides is 1. The number of para-hydroxylation sites is 1. The molecule has 4 rings (SSSR count). The fourth-order valence-corrected chi connectivity index (χ4v) is 3.20. The summed E-state index contributed by atoms with van der Waals surface area (Å²) in [4.78, 5) is 21.0. The third-order valence-electron chi connectivity index (χ3n) is 4.61. The zero-order valence-electron chi connectivity index (χ0n) is 15.7. The maximum absolute atomic E-state index is 12.7. The summed E-state index contributed by atoms with van der Waals surface area (Å²) in [6.45, 7) is 1.65. The molecule has 0 bridgehead atoms. The fourth-order valence-electron chi connectivity index (χ4n) is 3.20. The lowest BCUT2D eigenvalue weighted by atomic mass is 10.0. The van der Waals surface area contributed by atoms with Gasteiger partial charge in [0.05, 0.1) is 5.56 Å². The van der Waals surface area contributed by atoms with Crippen LogP contribution in [0.25, 0.3) is 11.1 Å². The predicted octanol–water partition coefficient (Wildman–Crippen LogP) is 3.03. The molecule has 7 nitrogen and oxygen atoms in total. The Morgan fingerprint density at radius 3 is 2.48 bits per heavy atom. The molecule has 0 aliphatic carbocycles. The normalized spacial score (nSPS) is 15.4. The van der Waals surface area contributed by atoms with Gasteiger partial charge in [-0.2, -0.15) is 0 Å². The van der Waals surface area contributed by atoms with Gasteiger partial charge in [0.1, 0.15) is 29.3 Å². The number of carbonyl (C=O) groups is 1. The van der Waals surface area contributed by atoms with E-state index in [0.29, 0.717) is 11.3 Å². The molecule has 1 aliphatic rings. The summed E-state index contributed by atoms with van der Waals surface area (Å²) in [6.07, 6.45) is 2.21. The highest BCUT2D eigenvalue weighted by Gasteiger charge is 2.22. The third kappa shape index (κ3) is 4.82. The second kappa shape index (κ2) is 9.36. The minimum Gasteiger partial charge on any atom is -0.457 e. The van der Waals surface area contributed by atoms with E-state index in [1.54, 1.807) is 0 Å². The minimum atomic E-state index is -0.248. The monoisotopic (exact) mass is 411 g/mol. The van der Waals surface area contributed by atoms with Gasteiger partial charge in [0.15, 0.2) is 0 Å². The number of anilines is 1. The van der Waals surface area contributed by atoms with Crippen LogP contribution in [0.3, 0.4) is 0 Å². The van der Waals surface area contributed by atoms with Gasteiger partial charge in [-0.3, -0.25) is 4.79 Å². The lowest BCUT2D eigenvalue weighted by molar-refractivity contribution is 0.0935. The van der Waals surface area contributed by atoms with Crippen molar-refractivity contribution in [2.45, 2.75) is 12.5 Å². The van der Waals surface area contributed by atoms with Crippen LogP contribution >= 0.6 is 12.4 Å². The van der Waals surface area contributed by atoms with Gasteiger partial charge < -0.3 is 21.1 Å². The number of halogens is 1. The number of carbonyl (C=O) groups excluding carboxylic acids is 1. The van der Waals surface area contributed by atoms with Crippen LogP contribution in [0, 0.1) is 0 Å². The van der Waals surface area contributed by atoms with Crippen LogP contribution in [0.4, 0.5) is 5.82 Å². The summed E-state index contributed by atoms with van der Waals surface area (Å²) >= 11 is 0. The van der Waals surface area contributed by atoms with Crippen molar-refractivity contribution in [3.8, 4) is 22.6 Å². The highest BCUT2D eigenvalue weighted by atomic mass is 35.5. The second-order valence-electron chi connectivity index (χ2n) is 6.59. The van der Waals surface area contributed by atoms with E-state index in [4.69, 9.17) is 10.5 Å². The molecular weight excluding hydrogens is 390 g/mol. The molecule has 1 aliphatic heterocycles. The maximum Gasteiger partial charge on any atom is 0.270 e. The van der Waals surface area contributed by atoms with Crippen LogP contribution in [-0.4, -0.2) is 35.0 Å². The van der Waals surface area contributed by atoms with E-state index in [2.05, 4.69) is 20.6 Å². The smallest absolute Gasteiger partial charge is 0.270 e. The molecule has 1 aromatic heterocycles. The number of benzene rings is 2. The Bertz CT molecular complexity index is 961. The van der Waals surface area contributed by atoms with E-state index < -0.39 is 0 Å². The Balaban J connectivity index is 0.00000240. The zero-order chi connectivity index (χ0) is 19.3. The van der Waals surface area contributed by atoms with Gasteiger partial charge >= 0.3 is 0 Å². The molecule has 0 unspecified atom stereocenters. The number of nitrogens with zero attached hydrogens (tertiary/aromatic N) is 2. The summed E-state index contributed by atoms with van der Waals surface area (Å²) in [7, 11) is 0. The summed E-state index contributed by atoms with van der Waals surface area (Å²) in [6, 6.07) is 17.0. The van der Waals surface area contributed by atoms with Crippen LogP contribution in [0.1, 0.15) is 16.9 Å². The van der Waals surface area contributed by atoms with Crippen LogP contribution < -0.4 is 21.1 Å². The Hall–Kier alpha value is -3.16. The van der Waals surface area contributed by atoms with E-state index in [9.17, 15) is 4.79 Å². The Labute approximate surface area is 175 Å².